The van der Waals surface area contributed by atoms with Crippen LogP contribution in [0.1, 0.15) is 34.8 Å². The Labute approximate surface area is 161 Å². The number of halogens is 1. The van der Waals surface area contributed by atoms with Crippen LogP contribution in [0.5, 0.6) is 0 Å². The largest absolute Gasteiger partial charge is 0.352 e. The van der Waals surface area contributed by atoms with Gasteiger partial charge in [-0.15, -0.1) is 0 Å². The number of benzene rings is 2. The fourth-order valence-electron chi connectivity index (χ4n) is 3.87. The number of imidazole rings is 1. The Morgan fingerprint density at radius 2 is 2.04 bits per heavy atom. The van der Waals surface area contributed by atoms with Crippen LogP contribution in [0.15, 0.2) is 48.9 Å². The summed E-state index contributed by atoms with van der Waals surface area (Å²) in [6.07, 6.45) is 6.90. The van der Waals surface area contributed by atoms with E-state index in [0.29, 0.717) is 24.6 Å². The van der Waals surface area contributed by atoms with Gasteiger partial charge in [0, 0.05) is 42.3 Å². The van der Waals surface area contributed by atoms with Crippen molar-refractivity contribution < 1.29 is 9.18 Å². The molecule has 6 heteroatoms. The molecule has 2 aromatic carbocycles. The van der Waals surface area contributed by atoms with Crippen molar-refractivity contribution in [2.24, 2.45) is 7.05 Å². The number of rotatable bonds is 5. The Balaban J connectivity index is 1.29. The number of aryl methyl sites for hydroxylation is 1. The summed E-state index contributed by atoms with van der Waals surface area (Å²) in [7, 11) is 1.94. The van der Waals surface area contributed by atoms with E-state index in [-0.39, 0.29) is 11.7 Å². The van der Waals surface area contributed by atoms with Gasteiger partial charge >= 0.3 is 0 Å². The minimum Gasteiger partial charge on any atom is -0.352 e. The lowest BCUT2D eigenvalue weighted by Gasteiger charge is -2.06. The van der Waals surface area contributed by atoms with Gasteiger partial charge < -0.3 is 14.5 Å². The van der Waals surface area contributed by atoms with E-state index in [1.165, 1.54) is 18.9 Å². The number of amides is 1. The molecule has 0 aliphatic heterocycles. The van der Waals surface area contributed by atoms with Gasteiger partial charge in [0.15, 0.2) is 0 Å². The Hall–Kier alpha value is -3.15. The topological polar surface area (TPSA) is 51.9 Å². The third kappa shape index (κ3) is 2.95. The molecular weight excluding hydrogens is 355 g/mol. The van der Waals surface area contributed by atoms with Crippen molar-refractivity contribution in [2.75, 3.05) is 6.54 Å². The first kappa shape index (κ1) is 17.0. The maximum atomic E-state index is 13.6. The molecule has 5 rings (SSSR count). The normalized spacial score (nSPS) is 14.1. The van der Waals surface area contributed by atoms with E-state index in [1.807, 2.05) is 42.3 Å². The summed E-state index contributed by atoms with van der Waals surface area (Å²) < 4.78 is 17.8. The van der Waals surface area contributed by atoms with E-state index in [2.05, 4.69) is 14.9 Å². The van der Waals surface area contributed by atoms with Gasteiger partial charge in [-0.1, -0.05) is 0 Å². The van der Waals surface area contributed by atoms with Crippen molar-refractivity contribution in [3.05, 3.63) is 65.9 Å². The number of nitrogens with one attached hydrogen (secondary N) is 1. The first-order chi connectivity index (χ1) is 13.6. The van der Waals surface area contributed by atoms with Crippen molar-refractivity contribution >= 4 is 27.8 Å². The standard InChI is InChI=1S/C22H21FN4O/c1-26-12-15(18-11-16(23)3-7-20(18)26)8-9-24-22(28)14-2-6-21-19(10-14)25-13-27(21)17-4-5-17/h2-3,6-7,10-13,17H,4-5,8-9H2,1H3,(H,24,28). The van der Waals surface area contributed by atoms with Crippen LogP contribution in [0.25, 0.3) is 21.9 Å². The Kier molecular flexibility index (Phi) is 3.93. The molecule has 0 atom stereocenters. The number of hydrogen-bond acceptors (Lipinski definition) is 2. The zero-order valence-electron chi connectivity index (χ0n) is 15.7. The second-order valence-corrected chi connectivity index (χ2v) is 7.52. The van der Waals surface area contributed by atoms with E-state index in [4.69, 9.17) is 0 Å². The fraction of sp³-hybridized carbons (Fsp3) is 0.273. The highest BCUT2D eigenvalue weighted by molar-refractivity contribution is 5.97. The van der Waals surface area contributed by atoms with E-state index >= 15 is 0 Å². The molecule has 28 heavy (non-hydrogen) atoms. The highest BCUT2D eigenvalue weighted by Gasteiger charge is 2.25. The highest BCUT2D eigenvalue weighted by Crippen LogP contribution is 2.37. The van der Waals surface area contributed by atoms with Crippen molar-refractivity contribution in [2.45, 2.75) is 25.3 Å². The Morgan fingerprint density at radius 1 is 1.21 bits per heavy atom. The minimum atomic E-state index is -0.247. The molecule has 4 aromatic rings. The lowest BCUT2D eigenvalue weighted by Crippen LogP contribution is -2.25. The van der Waals surface area contributed by atoms with E-state index in [1.54, 1.807) is 12.1 Å². The lowest BCUT2D eigenvalue weighted by atomic mass is 10.1. The fourth-order valence-corrected chi connectivity index (χ4v) is 3.87. The van der Waals surface area contributed by atoms with Crippen LogP contribution in [0.4, 0.5) is 4.39 Å². The number of fused-ring (bicyclic) bond motifs is 2. The quantitative estimate of drug-likeness (QED) is 0.573. The number of nitrogens with zero attached hydrogens (tertiary/aromatic N) is 3. The second-order valence-electron chi connectivity index (χ2n) is 7.52. The molecule has 1 fully saturated rings. The SMILES string of the molecule is Cn1cc(CCNC(=O)c2ccc3c(c2)ncn3C2CC2)c2cc(F)ccc21. The molecule has 1 aliphatic carbocycles. The van der Waals surface area contributed by atoms with Crippen LogP contribution in [-0.4, -0.2) is 26.6 Å². The summed E-state index contributed by atoms with van der Waals surface area (Å²) in [4.78, 5) is 17.0. The van der Waals surface area contributed by atoms with Crippen LogP contribution in [0.2, 0.25) is 0 Å². The maximum absolute atomic E-state index is 13.6. The monoisotopic (exact) mass is 376 g/mol. The summed E-state index contributed by atoms with van der Waals surface area (Å²) in [5.41, 5.74) is 4.55. The minimum absolute atomic E-state index is 0.116. The van der Waals surface area contributed by atoms with Gasteiger partial charge in [-0.2, -0.15) is 0 Å². The predicted octanol–water partition coefficient (Wildman–Crippen LogP) is 3.97. The number of aromatic nitrogens is 3. The molecular formula is C22H21FN4O. The van der Waals surface area contributed by atoms with Crippen molar-refractivity contribution in [1.29, 1.82) is 0 Å². The van der Waals surface area contributed by atoms with E-state index < -0.39 is 0 Å². The molecule has 142 valence electrons. The molecule has 0 unspecified atom stereocenters. The average Bonchev–Trinajstić information content (AvgIpc) is 3.37. The summed E-state index contributed by atoms with van der Waals surface area (Å²) in [5.74, 6) is -0.364. The number of hydrogen-bond donors (Lipinski definition) is 1. The number of carbonyl (C=O) groups excluding carboxylic acids is 1. The van der Waals surface area contributed by atoms with Crippen LogP contribution in [0, 0.1) is 5.82 Å². The van der Waals surface area contributed by atoms with Crippen LogP contribution in [0.3, 0.4) is 0 Å². The molecule has 1 saturated carbocycles. The molecule has 5 nitrogen and oxygen atoms in total. The zero-order valence-corrected chi connectivity index (χ0v) is 15.7. The third-order valence-electron chi connectivity index (χ3n) is 5.49. The summed E-state index contributed by atoms with van der Waals surface area (Å²) in [6.45, 7) is 0.489. The molecule has 0 bridgehead atoms. The van der Waals surface area contributed by atoms with Crippen molar-refractivity contribution in [1.82, 2.24) is 19.4 Å². The predicted molar refractivity (Wildman–Crippen MR) is 107 cm³/mol. The van der Waals surface area contributed by atoms with E-state index in [0.717, 1.165) is 27.5 Å². The van der Waals surface area contributed by atoms with Gasteiger partial charge in [-0.05, 0) is 61.2 Å². The first-order valence-corrected chi connectivity index (χ1v) is 9.58. The zero-order chi connectivity index (χ0) is 19.3. The second kappa shape index (κ2) is 6.48. The van der Waals surface area contributed by atoms with Gasteiger partial charge in [0.2, 0.25) is 0 Å². The molecule has 0 spiro atoms. The Morgan fingerprint density at radius 3 is 2.86 bits per heavy atom. The third-order valence-corrected chi connectivity index (χ3v) is 5.49. The lowest BCUT2D eigenvalue weighted by molar-refractivity contribution is 0.0954. The van der Waals surface area contributed by atoms with Gasteiger partial charge in [-0.3, -0.25) is 4.79 Å². The summed E-state index contributed by atoms with van der Waals surface area (Å²) >= 11 is 0. The molecule has 1 N–H and O–H groups in total. The average molecular weight is 376 g/mol. The summed E-state index contributed by atoms with van der Waals surface area (Å²) in [6, 6.07) is 11.0. The van der Waals surface area contributed by atoms with Crippen LogP contribution >= 0.6 is 0 Å². The van der Waals surface area contributed by atoms with Crippen LogP contribution in [-0.2, 0) is 13.5 Å². The van der Waals surface area contributed by atoms with E-state index in [9.17, 15) is 9.18 Å². The van der Waals surface area contributed by atoms with Gasteiger partial charge in [-0.25, -0.2) is 9.37 Å². The number of carbonyl (C=O) groups is 1. The maximum Gasteiger partial charge on any atom is 0.251 e. The van der Waals surface area contributed by atoms with Gasteiger partial charge in [0.25, 0.3) is 5.91 Å². The van der Waals surface area contributed by atoms with Crippen molar-refractivity contribution in [3.63, 3.8) is 0 Å². The van der Waals surface area contributed by atoms with Crippen molar-refractivity contribution in [3.8, 4) is 0 Å². The molecule has 0 saturated heterocycles. The van der Waals surface area contributed by atoms with Gasteiger partial charge in [0.05, 0.1) is 17.4 Å². The first-order valence-electron chi connectivity index (χ1n) is 9.58. The molecule has 2 heterocycles. The highest BCUT2D eigenvalue weighted by atomic mass is 19.1. The molecule has 1 aliphatic rings. The molecule has 2 aromatic heterocycles. The summed E-state index contributed by atoms with van der Waals surface area (Å²) in [5, 5.41) is 3.86. The van der Waals surface area contributed by atoms with Crippen LogP contribution < -0.4 is 5.32 Å². The smallest absolute Gasteiger partial charge is 0.251 e. The molecule has 0 radical (unpaired) electrons. The molecule has 1 amide bonds. The Bertz CT molecular complexity index is 1200. The van der Waals surface area contributed by atoms with Gasteiger partial charge in [0.1, 0.15) is 5.82 Å².